The van der Waals surface area contributed by atoms with Crippen molar-refractivity contribution in [1.29, 1.82) is 0 Å². The van der Waals surface area contributed by atoms with Crippen LogP contribution < -0.4 is 5.73 Å². The number of nitrogens with two attached hydrogens (primary N) is 1. The van der Waals surface area contributed by atoms with Gasteiger partial charge in [0.15, 0.2) is 5.88 Å². The van der Waals surface area contributed by atoms with Crippen LogP contribution in [0.4, 0.5) is 5.69 Å². The average Bonchev–Trinajstić information content (AvgIpc) is 3.07. The smallest absolute Gasteiger partial charge is 0.335 e. The first-order valence-electron chi connectivity index (χ1n) is 9.86. The molecule has 0 aliphatic rings. The van der Waals surface area contributed by atoms with Crippen LogP contribution in [0.25, 0.3) is 10.9 Å². The van der Waals surface area contributed by atoms with Crippen LogP contribution in [-0.4, -0.2) is 26.9 Å². The number of rotatable bonds is 5. The van der Waals surface area contributed by atoms with E-state index in [1.54, 1.807) is 6.07 Å². The summed E-state index contributed by atoms with van der Waals surface area (Å²) >= 11 is 0. The zero-order valence-corrected chi connectivity index (χ0v) is 17.3. The van der Waals surface area contributed by atoms with Gasteiger partial charge in [0.05, 0.1) is 22.5 Å². The first-order chi connectivity index (χ1) is 14.7. The van der Waals surface area contributed by atoms with Gasteiger partial charge in [-0.3, -0.25) is 0 Å². The summed E-state index contributed by atoms with van der Waals surface area (Å²) in [7, 11) is 0. The van der Waals surface area contributed by atoms with Crippen LogP contribution in [0.5, 0.6) is 5.88 Å². The van der Waals surface area contributed by atoms with E-state index in [2.05, 4.69) is 4.98 Å². The number of fused-ring (bicyclic) bond motifs is 1. The number of aromatic amines is 1. The van der Waals surface area contributed by atoms with Crippen molar-refractivity contribution in [1.82, 2.24) is 4.98 Å². The Morgan fingerprint density at radius 3 is 2.39 bits per heavy atom. The predicted octanol–water partition coefficient (Wildman–Crippen LogP) is 4.93. The number of hydrogen-bond donors (Lipinski definition) is 4. The molecule has 31 heavy (non-hydrogen) atoms. The van der Waals surface area contributed by atoms with Crippen molar-refractivity contribution in [3.05, 3.63) is 95.1 Å². The van der Waals surface area contributed by atoms with Gasteiger partial charge >= 0.3 is 5.97 Å². The maximum atomic E-state index is 11.3. The van der Waals surface area contributed by atoms with E-state index in [1.807, 2.05) is 68.4 Å². The number of hydrogen-bond acceptors (Lipinski definition) is 4. The van der Waals surface area contributed by atoms with Crippen LogP contribution in [0.3, 0.4) is 0 Å². The van der Waals surface area contributed by atoms with Gasteiger partial charge in [-0.2, -0.15) is 0 Å². The van der Waals surface area contributed by atoms with Gasteiger partial charge in [-0.05, 0) is 43.7 Å². The molecule has 0 aliphatic carbocycles. The molecule has 0 amide bonds. The first kappa shape index (κ1) is 20.4. The molecule has 3 aromatic carbocycles. The number of aliphatic imine (C=N–C) groups is 1. The van der Waals surface area contributed by atoms with Crippen molar-refractivity contribution in [3.8, 4) is 5.88 Å². The number of H-pyrrole nitrogens is 1. The second-order valence-electron chi connectivity index (χ2n) is 8.01. The lowest BCUT2D eigenvalue weighted by Crippen LogP contribution is -2.28. The Balaban J connectivity index is 1.95. The van der Waals surface area contributed by atoms with E-state index in [9.17, 15) is 15.0 Å². The molecular weight excluding hydrogens is 390 g/mol. The molecule has 1 aromatic heterocycles. The second-order valence-corrected chi connectivity index (χ2v) is 8.01. The second kappa shape index (κ2) is 7.74. The van der Waals surface area contributed by atoms with E-state index in [0.29, 0.717) is 27.9 Å². The summed E-state index contributed by atoms with van der Waals surface area (Å²) < 4.78 is 0. The fraction of sp³-hybridized carbons (Fsp3) is 0.120. The SMILES string of the molecule is CC(C)(N)c1cccc(N=C(c2ccccc2)c2c(O)[nH]c3cc(C(=O)O)ccc23)c1. The summed E-state index contributed by atoms with van der Waals surface area (Å²) in [5, 5.41) is 20.7. The summed E-state index contributed by atoms with van der Waals surface area (Å²) in [6, 6.07) is 21.9. The molecule has 1 heterocycles. The zero-order valence-electron chi connectivity index (χ0n) is 17.3. The molecular formula is C25H23N3O3. The van der Waals surface area contributed by atoms with Gasteiger partial charge in [-0.25, -0.2) is 9.79 Å². The molecule has 0 saturated heterocycles. The highest BCUT2D eigenvalue weighted by Gasteiger charge is 2.20. The number of carboxylic acid groups (broad SMARTS) is 1. The van der Waals surface area contributed by atoms with Gasteiger partial charge in [0.2, 0.25) is 0 Å². The maximum Gasteiger partial charge on any atom is 0.335 e. The highest BCUT2D eigenvalue weighted by molar-refractivity contribution is 6.22. The van der Waals surface area contributed by atoms with Gasteiger partial charge in [0, 0.05) is 22.0 Å². The Morgan fingerprint density at radius 1 is 0.968 bits per heavy atom. The fourth-order valence-corrected chi connectivity index (χ4v) is 3.52. The standard InChI is InChI=1S/C25H23N3O3/c1-25(2,26)17-9-6-10-18(14-17)27-22(15-7-4-3-5-8-15)21-19-12-11-16(24(30)31)13-20(19)28-23(21)29/h3-14,28-29H,26H2,1-2H3,(H,30,31). The van der Waals surface area contributed by atoms with Gasteiger partial charge in [-0.15, -0.1) is 0 Å². The summed E-state index contributed by atoms with van der Waals surface area (Å²) in [5.41, 5.74) is 9.93. The zero-order chi connectivity index (χ0) is 22.2. The van der Waals surface area contributed by atoms with E-state index in [0.717, 1.165) is 11.1 Å². The molecule has 0 bridgehead atoms. The van der Waals surface area contributed by atoms with Crippen LogP contribution >= 0.6 is 0 Å². The van der Waals surface area contributed by atoms with Crippen LogP contribution in [0.15, 0.2) is 77.8 Å². The molecule has 156 valence electrons. The summed E-state index contributed by atoms with van der Waals surface area (Å²) in [4.78, 5) is 19.1. The minimum Gasteiger partial charge on any atom is -0.494 e. The van der Waals surface area contributed by atoms with Crippen molar-refractivity contribution >= 4 is 28.3 Å². The van der Waals surface area contributed by atoms with Crippen molar-refractivity contribution in [2.24, 2.45) is 10.7 Å². The molecule has 0 fully saturated rings. The Hall–Kier alpha value is -3.90. The van der Waals surface area contributed by atoms with Gasteiger partial charge in [0.25, 0.3) is 0 Å². The fourth-order valence-electron chi connectivity index (χ4n) is 3.52. The molecule has 0 atom stereocenters. The van der Waals surface area contributed by atoms with Crippen LogP contribution in [-0.2, 0) is 5.54 Å². The van der Waals surface area contributed by atoms with Crippen molar-refractivity contribution in [2.45, 2.75) is 19.4 Å². The number of aromatic nitrogens is 1. The Kier molecular flexibility index (Phi) is 5.09. The van der Waals surface area contributed by atoms with Crippen LogP contribution in [0, 0.1) is 0 Å². The van der Waals surface area contributed by atoms with E-state index in [1.165, 1.54) is 12.1 Å². The van der Waals surface area contributed by atoms with Gasteiger partial charge in [-0.1, -0.05) is 48.5 Å². The number of nitrogens with one attached hydrogen (secondary N) is 1. The molecule has 0 aliphatic heterocycles. The Labute approximate surface area is 179 Å². The highest BCUT2D eigenvalue weighted by atomic mass is 16.4. The molecule has 6 nitrogen and oxygen atoms in total. The average molecular weight is 413 g/mol. The molecule has 4 rings (SSSR count). The quantitative estimate of drug-likeness (QED) is 0.347. The predicted molar refractivity (Wildman–Crippen MR) is 122 cm³/mol. The lowest BCUT2D eigenvalue weighted by Gasteiger charge is -2.19. The molecule has 0 saturated carbocycles. The lowest BCUT2D eigenvalue weighted by molar-refractivity contribution is 0.0697. The molecule has 0 spiro atoms. The molecule has 6 heteroatoms. The minimum atomic E-state index is -1.03. The number of benzene rings is 3. The van der Waals surface area contributed by atoms with Crippen molar-refractivity contribution < 1.29 is 15.0 Å². The Bertz CT molecular complexity index is 1300. The number of carbonyl (C=O) groups is 1. The highest BCUT2D eigenvalue weighted by Crippen LogP contribution is 2.32. The normalized spacial score (nSPS) is 12.3. The number of aromatic carboxylic acids is 1. The summed E-state index contributed by atoms with van der Waals surface area (Å²) in [6.07, 6.45) is 0. The van der Waals surface area contributed by atoms with Crippen molar-refractivity contribution in [3.63, 3.8) is 0 Å². The molecule has 0 radical (unpaired) electrons. The van der Waals surface area contributed by atoms with E-state index >= 15 is 0 Å². The third-order valence-corrected chi connectivity index (χ3v) is 5.14. The molecule has 0 unspecified atom stereocenters. The van der Waals surface area contributed by atoms with Gasteiger partial charge < -0.3 is 20.9 Å². The third-order valence-electron chi connectivity index (χ3n) is 5.14. The Morgan fingerprint density at radius 2 is 1.71 bits per heavy atom. The summed E-state index contributed by atoms with van der Waals surface area (Å²) in [6.45, 7) is 3.86. The number of carboxylic acids is 1. The third kappa shape index (κ3) is 4.06. The monoisotopic (exact) mass is 413 g/mol. The largest absolute Gasteiger partial charge is 0.494 e. The minimum absolute atomic E-state index is 0.0737. The molecule has 4 aromatic rings. The number of nitrogens with zero attached hydrogens (tertiary/aromatic N) is 1. The number of aromatic hydroxyl groups is 1. The van der Waals surface area contributed by atoms with E-state index in [-0.39, 0.29) is 11.4 Å². The lowest BCUT2D eigenvalue weighted by atomic mass is 9.95. The molecule has 5 N–H and O–H groups in total. The van der Waals surface area contributed by atoms with E-state index in [4.69, 9.17) is 10.7 Å². The van der Waals surface area contributed by atoms with Crippen LogP contribution in [0.1, 0.15) is 40.9 Å². The van der Waals surface area contributed by atoms with Gasteiger partial charge in [0.1, 0.15) is 0 Å². The van der Waals surface area contributed by atoms with E-state index < -0.39 is 11.5 Å². The topological polar surface area (TPSA) is 112 Å². The summed E-state index contributed by atoms with van der Waals surface area (Å²) in [5.74, 6) is -1.11. The maximum absolute atomic E-state index is 11.3. The first-order valence-corrected chi connectivity index (χ1v) is 9.86. The van der Waals surface area contributed by atoms with Crippen molar-refractivity contribution in [2.75, 3.05) is 0 Å². The van der Waals surface area contributed by atoms with Crippen LogP contribution in [0.2, 0.25) is 0 Å².